The summed E-state index contributed by atoms with van der Waals surface area (Å²) in [5.74, 6) is 0.140. The Morgan fingerprint density at radius 3 is 2.67 bits per heavy atom. The van der Waals surface area contributed by atoms with Crippen molar-refractivity contribution in [3.63, 3.8) is 0 Å². The maximum Gasteiger partial charge on any atom is 0.237 e. The van der Waals surface area contributed by atoms with Crippen molar-refractivity contribution in [1.82, 2.24) is 15.3 Å². The zero-order valence-corrected chi connectivity index (χ0v) is 17.0. The number of benzene rings is 1. The average molecular weight is 406 g/mol. The fourth-order valence-electron chi connectivity index (χ4n) is 3.27. The Morgan fingerprint density at radius 2 is 1.90 bits per heavy atom. The van der Waals surface area contributed by atoms with Crippen molar-refractivity contribution in [2.45, 2.75) is 44.7 Å². The number of nitrogen functional groups attached to an aromatic ring is 1. The first-order chi connectivity index (χ1) is 14.4. The Bertz CT molecular complexity index is 1020. The molecule has 0 fully saturated rings. The predicted molar refractivity (Wildman–Crippen MR) is 118 cm³/mol. The summed E-state index contributed by atoms with van der Waals surface area (Å²) in [6, 6.07) is 12.1. The minimum Gasteiger partial charge on any atom is -0.383 e. The van der Waals surface area contributed by atoms with Crippen molar-refractivity contribution in [1.29, 1.82) is 0 Å². The number of pyridine rings is 2. The number of nitrogens with two attached hydrogens (primary N) is 2. The highest BCUT2D eigenvalue weighted by Crippen LogP contribution is 2.20. The molecule has 3 aromatic rings. The number of fused-ring (bicyclic) bond motifs is 1. The van der Waals surface area contributed by atoms with Crippen LogP contribution in [-0.2, 0) is 22.4 Å². The van der Waals surface area contributed by atoms with Gasteiger partial charge in [-0.3, -0.25) is 14.6 Å². The Morgan fingerprint density at radius 1 is 1.07 bits per heavy atom. The van der Waals surface area contributed by atoms with E-state index in [9.17, 15) is 9.59 Å². The van der Waals surface area contributed by atoms with Gasteiger partial charge < -0.3 is 16.8 Å². The van der Waals surface area contributed by atoms with E-state index in [-0.39, 0.29) is 11.7 Å². The lowest BCUT2D eigenvalue weighted by atomic mass is 10.0. The van der Waals surface area contributed by atoms with Gasteiger partial charge in [0.15, 0.2) is 5.78 Å². The van der Waals surface area contributed by atoms with Gasteiger partial charge in [-0.05, 0) is 55.3 Å². The van der Waals surface area contributed by atoms with Gasteiger partial charge in [-0.15, -0.1) is 0 Å². The highest BCUT2D eigenvalue weighted by molar-refractivity contribution is 5.92. The molecule has 0 aliphatic heterocycles. The van der Waals surface area contributed by atoms with E-state index in [1.807, 2.05) is 42.5 Å². The first-order valence-corrected chi connectivity index (χ1v) is 10.1. The molecule has 156 valence electrons. The lowest BCUT2D eigenvalue weighted by molar-refractivity contribution is -0.128. The van der Waals surface area contributed by atoms with Crippen LogP contribution in [0.2, 0.25) is 0 Å². The molecule has 0 bridgehead atoms. The van der Waals surface area contributed by atoms with E-state index in [0.717, 1.165) is 22.0 Å². The van der Waals surface area contributed by atoms with Crippen molar-refractivity contribution < 1.29 is 9.59 Å². The van der Waals surface area contributed by atoms with E-state index in [4.69, 9.17) is 11.5 Å². The van der Waals surface area contributed by atoms with Crippen molar-refractivity contribution in [2.75, 3.05) is 5.73 Å². The molecule has 0 radical (unpaired) electrons. The Balaban J connectivity index is 1.47. The van der Waals surface area contributed by atoms with Crippen LogP contribution in [0.25, 0.3) is 10.8 Å². The van der Waals surface area contributed by atoms with Gasteiger partial charge in [-0.25, -0.2) is 4.98 Å². The van der Waals surface area contributed by atoms with Crippen LogP contribution in [0, 0.1) is 0 Å². The summed E-state index contributed by atoms with van der Waals surface area (Å²) >= 11 is 0. The van der Waals surface area contributed by atoms with Gasteiger partial charge in [0.25, 0.3) is 0 Å². The predicted octanol–water partition coefficient (Wildman–Crippen LogP) is 2.18. The number of nitrogens with zero attached hydrogens (tertiary/aromatic N) is 2. The molecule has 0 aliphatic rings. The number of aromatic nitrogens is 2. The molecular weight excluding hydrogens is 378 g/mol. The second-order valence-corrected chi connectivity index (χ2v) is 7.41. The zero-order valence-electron chi connectivity index (χ0n) is 17.0. The van der Waals surface area contributed by atoms with Gasteiger partial charge in [0, 0.05) is 29.9 Å². The Labute approximate surface area is 175 Å². The summed E-state index contributed by atoms with van der Waals surface area (Å²) in [6.07, 6.45) is 5.38. The fraction of sp³-hybridized carbons (Fsp3) is 0.304. The fourth-order valence-corrected chi connectivity index (χ4v) is 3.27. The standard InChI is InChI=1S/C23H27N5O2/c1-15(28-23(30)20(24)9-7-18-4-2-3-12-26-18)21(29)10-6-16-5-8-19-17(14-16)11-13-27-22(19)25/h2-5,8,11-15,20H,6-7,9-10,24H2,1H3,(H2,25,27)(H,28,30)/t15-,20+/m0/s1. The Hall–Kier alpha value is -3.32. The van der Waals surface area contributed by atoms with Crippen LogP contribution < -0.4 is 16.8 Å². The van der Waals surface area contributed by atoms with Crippen LogP contribution in [0.15, 0.2) is 54.9 Å². The third-order valence-electron chi connectivity index (χ3n) is 5.14. The molecule has 2 heterocycles. The summed E-state index contributed by atoms with van der Waals surface area (Å²) < 4.78 is 0. The highest BCUT2D eigenvalue weighted by atomic mass is 16.2. The molecule has 2 aromatic heterocycles. The topological polar surface area (TPSA) is 124 Å². The number of rotatable bonds is 9. The van der Waals surface area contributed by atoms with Gasteiger partial charge in [-0.2, -0.15) is 0 Å². The first-order valence-electron chi connectivity index (χ1n) is 10.1. The number of anilines is 1. The molecule has 3 rings (SSSR count). The Kier molecular flexibility index (Phi) is 7.08. The van der Waals surface area contributed by atoms with E-state index >= 15 is 0 Å². The number of nitrogens with one attached hydrogen (secondary N) is 1. The quantitative estimate of drug-likeness (QED) is 0.501. The van der Waals surface area contributed by atoms with Gasteiger partial charge in [0.2, 0.25) is 5.91 Å². The third-order valence-corrected chi connectivity index (χ3v) is 5.14. The largest absolute Gasteiger partial charge is 0.383 e. The second kappa shape index (κ2) is 9.93. The number of carbonyl (C=O) groups excluding carboxylic acids is 2. The molecule has 0 unspecified atom stereocenters. The molecule has 1 aromatic carbocycles. The average Bonchev–Trinajstić information content (AvgIpc) is 2.76. The van der Waals surface area contributed by atoms with Crippen molar-refractivity contribution in [3.8, 4) is 0 Å². The molecular formula is C23H27N5O2. The molecule has 0 spiro atoms. The van der Waals surface area contributed by atoms with Crippen molar-refractivity contribution >= 4 is 28.3 Å². The number of Topliss-reactive ketones (excluding diaryl/α,β-unsaturated/α-hetero) is 1. The zero-order chi connectivity index (χ0) is 21.5. The molecule has 0 saturated carbocycles. The number of aryl methyl sites for hydroxylation is 2. The monoisotopic (exact) mass is 405 g/mol. The van der Waals surface area contributed by atoms with Gasteiger partial charge in [-0.1, -0.05) is 24.3 Å². The molecule has 7 heteroatoms. The van der Waals surface area contributed by atoms with Gasteiger partial charge in [0.05, 0.1) is 12.1 Å². The summed E-state index contributed by atoms with van der Waals surface area (Å²) in [7, 11) is 0. The molecule has 2 atom stereocenters. The summed E-state index contributed by atoms with van der Waals surface area (Å²) in [5, 5.41) is 4.62. The second-order valence-electron chi connectivity index (χ2n) is 7.41. The molecule has 0 aliphatic carbocycles. The number of hydrogen-bond donors (Lipinski definition) is 3. The smallest absolute Gasteiger partial charge is 0.237 e. The maximum atomic E-state index is 12.5. The number of ketones is 1. The SMILES string of the molecule is C[C@H](NC(=O)[C@H](N)CCc1ccccn1)C(=O)CCc1ccc2c(N)nccc2c1. The van der Waals surface area contributed by atoms with E-state index < -0.39 is 12.1 Å². The van der Waals surface area contributed by atoms with Gasteiger partial charge in [0.1, 0.15) is 5.82 Å². The normalized spacial score (nSPS) is 13.0. The van der Waals surface area contributed by atoms with E-state index in [2.05, 4.69) is 15.3 Å². The minimum atomic E-state index is -0.679. The number of hydrogen-bond acceptors (Lipinski definition) is 6. The minimum absolute atomic E-state index is 0.0328. The van der Waals surface area contributed by atoms with E-state index in [1.54, 1.807) is 19.3 Å². The molecule has 1 amide bonds. The van der Waals surface area contributed by atoms with Crippen LogP contribution in [0.5, 0.6) is 0 Å². The van der Waals surface area contributed by atoms with Gasteiger partial charge >= 0.3 is 0 Å². The van der Waals surface area contributed by atoms with Crippen molar-refractivity contribution in [3.05, 3.63) is 66.1 Å². The lowest BCUT2D eigenvalue weighted by Gasteiger charge is -2.17. The van der Waals surface area contributed by atoms with Crippen LogP contribution in [0.3, 0.4) is 0 Å². The molecule has 7 nitrogen and oxygen atoms in total. The third kappa shape index (κ3) is 5.61. The van der Waals surface area contributed by atoms with Crippen LogP contribution >= 0.6 is 0 Å². The molecule has 30 heavy (non-hydrogen) atoms. The molecule has 5 N–H and O–H groups in total. The molecule has 0 saturated heterocycles. The summed E-state index contributed by atoms with van der Waals surface area (Å²) in [4.78, 5) is 33.1. The number of amides is 1. The van der Waals surface area contributed by atoms with Crippen LogP contribution in [0.4, 0.5) is 5.82 Å². The van der Waals surface area contributed by atoms with Crippen LogP contribution in [-0.4, -0.2) is 33.7 Å². The van der Waals surface area contributed by atoms with E-state index in [0.29, 0.717) is 31.5 Å². The summed E-state index contributed by atoms with van der Waals surface area (Å²) in [5.41, 5.74) is 13.8. The first kappa shape index (κ1) is 21.4. The highest BCUT2D eigenvalue weighted by Gasteiger charge is 2.20. The maximum absolute atomic E-state index is 12.5. The van der Waals surface area contributed by atoms with Crippen LogP contribution in [0.1, 0.15) is 31.0 Å². The van der Waals surface area contributed by atoms with E-state index in [1.165, 1.54) is 0 Å². The summed E-state index contributed by atoms with van der Waals surface area (Å²) in [6.45, 7) is 1.69. The van der Waals surface area contributed by atoms with Crippen molar-refractivity contribution in [2.24, 2.45) is 5.73 Å². The lowest BCUT2D eigenvalue weighted by Crippen LogP contribution is -2.47. The number of carbonyl (C=O) groups is 2.